The second-order valence-electron chi connectivity index (χ2n) is 10.5. The number of nitrogens with one attached hydrogen (secondary N) is 1. The van der Waals surface area contributed by atoms with E-state index in [9.17, 15) is 32.5 Å². The number of aromatic nitrogens is 1. The quantitative estimate of drug-likeness (QED) is 0.428. The molecule has 1 N–H and O–H groups in total. The van der Waals surface area contributed by atoms with Gasteiger partial charge in [0.05, 0.1) is 35.2 Å². The Morgan fingerprint density at radius 2 is 1.88 bits per heavy atom. The molecule has 2 aliphatic rings. The first-order valence-electron chi connectivity index (χ1n) is 13.6. The molecule has 0 bridgehead atoms. The molecule has 0 spiro atoms. The van der Waals surface area contributed by atoms with Crippen LogP contribution in [-0.2, 0) is 31.1 Å². The Kier molecular flexibility index (Phi) is 9.30. The number of nitriles is 1. The molecule has 1 aromatic carbocycles. The van der Waals surface area contributed by atoms with Crippen LogP contribution in [-0.4, -0.2) is 68.9 Å². The van der Waals surface area contributed by atoms with Gasteiger partial charge in [-0.25, -0.2) is 18.9 Å². The minimum absolute atomic E-state index is 0.0438. The minimum Gasteiger partial charge on any atom is -0.459 e. The molecule has 2 saturated heterocycles. The fraction of sp³-hybridized carbons (Fsp3) is 0.464. The van der Waals surface area contributed by atoms with E-state index in [4.69, 9.17) is 4.74 Å². The number of hydrogen-bond acceptors (Lipinski definition) is 9. The predicted octanol–water partition coefficient (Wildman–Crippen LogP) is 2.49. The first kappa shape index (κ1) is 30.7. The number of benzene rings is 1. The SMILES string of the molecule is CC(C)OC(=O)c1cc(C#N)c(N2CCC(C(=O)NS(=O)(=O)N(C)c3ccc(F)cc3)CC2)nc1CN1CCCC1=O. The number of carbonyl (C=O) groups excluding carboxylic acids is 3. The average Bonchev–Trinajstić information content (AvgIpc) is 3.36. The van der Waals surface area contributed by atoms with Crippen LogP contribution in [0.1, 0.15) is 61.1 Å². The third kappa shape index (κ3) is 6.96. The van der Waals surface area contributed by atoms with E-state index in [0.29, 0.717) is 44.0 Å². The molecule has 3 heterocycles. The number of anilines is 2. The van der Waals surface area contributed by atoms with Crippen LogP contribution in [0.15, 0.2) is 30.3 Å². The fourth-order valence-electron chi connectivity index (χ4n) is 4.91. The van der Waals surface area contributed by atoms with Crippen LogP contribution >= 0.6 is 0 Å². The molecule has 12 nitrogen and oxygen atoms in total. The highest BCUT2D eigenvalue weighted by atomic mass is 32.2. The first-order valence-corrected chi connectivity index (χ1v) is 15.1. The van der Waals surface area contributed by atoms with Gasteiger partial charge >= 0.3 is 16.2 Å². The highest BCUT2D eigenvalue weighted by Gasteiger charge is 2.32. The zero-order valence-electron chi connectivity index (χ0n) is 23.7. The lowest BCUT2D eigenvalue weighted by Crippen LogP contribution is -2.47. The van der Waals surface area contributed by atoms with E-state index < -0.39 is 39.9 Å². The number of esters is 1. The predicted molar refractivity (Wildman–Crippen MR) is 151 cm³/mol. The molecule has 2 amide bonds. The number of carbonyl (C=O) groups is 3. The van der Waals surface area contributed by atoms with Gasteiger partial charge in [-0.1, -0.05) is 0 Å². The van der Waals surface area contributed by atoms with Crippen molar-refractivity contribution in [3.8, 4) is 6.07 Å². The van der Waals surface area contributed by atoms with Crippen molar-refractivity contribution < 1.29 is 31.9 Å². The van der Waals surface area contributed by atoms with Crippen molar-refractivity contribution in [3.05, 3.63) is 53.0 Å². The summed E-state index contributed by atoms with van der Waals surface area (Å²) in [6.45, 7) is 4.64. The van der Waals surface area contributed by atoms with Crippen LogP contribution in [0.3, 0.4) is 0 Å². The molecule has 2 aromatic rings. The second kappa shape index (κ2) is 12.7. The van der Waals surface area contributed by atoms with Crippen LogP contribution < -0.4 is 13.9 Å². The van der Waals surface area contributed by atoms with Crippen molar-refractivity contribution in [2.24, 2.45) is 5.92 Å². The van der Waals surface area contributed by atoms with Gasteiger partial charge in [0.1, 0.15) is 17.7 Å². The largest absolute Gasteiger partial charge is 0.459 e. The number of hydrogen-bond donors (Lipinski definition) is 1. The summed E-state index contributed by atoms with van der Waals surface area (Å²) < 4.78 is 47.1. The second-order valence-corrected chi connectivity index (χ2v) is 12.2. The number of likely N-dealkylation sites (tertiary alicyclic amines) is 1. The molecular formula is C28H33FN6O6S. The molecule has 14 heteroatoms. The van der Waals surface area contributed by atoms with E-state index in [1.54, 1.807) is 18.7 Å². The Labute approximate surface area is 244 Å². The molecule has 0 unspecified atom stereocenters. The Morgan fingerprint density at radius 3 is 2.45 bits per heavy atom. The number of nitrogens with zero attached hydrogens (tertiary/aromatic N) is 5. The summed E-state index contributed by atoms with van der Waals surface area (Å²) >= 11 is 0. The monoisotopic (exact) mass is 600 g/mol. The Balaban J connectivity index is 1.49. The van der Waals surface area contributed by atoms with E-state index in [-0.39, 0.29) is 42.1 Å². The van der Waals surface area contributed by atoms with Crippen LogP contribution in [0, 0.1) is 23.1 Å². The molecule has 0 radical (unpaired) electrons. The van der Waals surface area contributed by atoms with Crippen molar-refractivity contribution in [2.45, 2.75) is 52.2 Å². The first-order chi connectivity index (χ1) is 19.9. The van der Waals surface area contributed by atoms with Gasteiger partial charge < -0.3 is 14.5 Å². The summed E-state index contributed by atoms with van der Waals surface area (Å²) in [6, 6.07) is 8.34. The van der Waals surface area contributed by atoms with E-state index in [0.717, 1.165) is 16.4 Å². The molecule has 4 rings (SSSR count). The number of piperidine rings is 1. The van der Waals surface area contributed by atoms with Crippen LogP contribution in [0.5, 0.6) is 0 Å². The maximum absolute atomic E-state index is 13.2. The van der Waals surface area contributed by atoms with Crippen molar-refractivity contribution in [1.82, 2.24) is 14.6 Å². The number of halogens is 1. The standard InChI is InChI=1S/C28H33FN6O6S/c1-18(2)41-28(38)23-15-20(16-30)26(31-24(23)17-35-12-4-5-25(35)36)34-13-10-19(11-14-34)27(37)32-42(39,40)33(3)22-8-6-21(29)7-9-22/h6-9,15,18-19H,4-5,10-14,17H2,1-3H3,(H,32,37). The lowest BCUT2D eigenvalue weighted by molar-refractivity contribution is -0.128. The maximum Gasteiger partial charge on any atom is 0.340 e. The van der Waals surface area contributed by atoms with Gasteiger partial charge in [-0.05, 0) is 63.4 Å². The molecule has 2 fully saturated rings. The average molecular weight is 601 g/mol. The van der Waals surface area contributed by atoms with Gasteiger partial charge in [0.25, 0.3) is 0 Å². The molecule has 1 aromatic heterocycles. The van der Waals surface area contributed by atoms with Gasteiger partial charge in [0, 0.05) is 39.0 Å². The summed E-state index contributed by atoms with van der Waals surface area (Å²) in [5, 5.41) is 9.89. The zero-order valence-corrected chi connectivity index (χ0v) is 24.5. The van der Waals surface area contributed by atoms with E-state index >= 15 is 0 Å². The smallest absolute Gasteiger partial charge is 0.340 e. The van der Waals surface area contributed by atoms with Crippen molar-refractivity contribution in [1.29, 1.82) is 5.26 Å². The maximum atomic E-state index is 13.2. The van der Waals surface area contributed by atoms with Crippen LogP contribution in [0.2, 0.25) is 0 Å². The zero-order chi connectivity index (χ0) is 30.6. The summed E-state index contributed by atoms with van der Waals surface area (Å²) in [5.74, 6) is -2.16. The van der Waals surface area contributed by atoms with Gasteiger partial charge in [-0.3, -0.25) is 13.9 Å². The lowest BCUT2D eigenvalue weighted by Gasteiger charge is -2.33. The third-order valence-corrected chi connectivity index (χ3v) is 8.61. The van der Waals surface area contributed by atoms with Crippen LogP contribution in [0.25, 0.3) is 0 Å². The van der Waals surface area contributed by atoms with Crippen molar-refractivity contribution in [3.63, 3.8) is 0 Å². The Hall–Kier alpha value is -4.25. The summed E-state index contributed by atoms with van der Waals surface area (Å²) in [7, 11) is -2.97. The number of pyridine rings is 1. The number of ether oxygens (including phenoxy) is 1. The Bertz CT molecular complexity index is 1500. The molecule has 0 saturated carbocycles. The number of amides is 2. The summed E-state index contributed by atoms with van der Waals surface area (Å²) in [5.41, 5.74) is 0.774. The molecule has 0 aliphatic carbocycles. The number of rotatable bonds is 9. The third-order valence-electron chi connectivity index (χ3n) is 7.22. The van der Waals surface area contributed by atoms with Crippen molar-refractivity contribution >= 4 is 39.5 Å². The topological polar surface area (TPSA) is 153 Å². The fourth-order valence-corrected chi connectivity index (χ4v) is 5.87. The van der Waals surface area contributed by atoms with Crippen molar-refractivity contribution in [2.75, 3.05) is 35.9 Å². The van der Waals surface area contributed by atoms with E-state index in [1.165, 1.54) is 25.2 Å². The molecule has 2 aliphatic heterocycles. The highest BCUT2D eigenvalue weighted by Crippen LogP contribution is 2.29. The van der Waals surface area contributed by atoms with Gasteiger partial charge in [0.2, 0.25) is 11.8 Å². The van der Waals surface area contributed by atoms with Gasteiger partial charge in [-0.15, -0.1) is 0 Å². The molecular weight excluding hydrogens is 567 g/mol. The molecule has 42 heavy (non-hydrogen) atoms. The molecule has 0 atom stereocenters. The minimum atomic E-state index is -4.23. The Morgan fingerprint density at radius 1 is 1.21 bits per heavy atom. The van der Waals surface area contributed by atoms with E-state index in [1.807, 2.05) is 4.90 Å². The van der Waals surface area contributed by atoms with Gasteiger partial charge in [-0.2, -0.15) is 13.7 Å². The highest BCUT2D eigenvalue weighted by molar-refractivity contribution is 7.91. The van der Waals surface area contributed by atoms with Crippen LogP contribution in [0.4, 0.5) is 15.9 Å². The summed E-state index contributed by atoms with van der Waals surface area (Å²) in [4.78, 5) is 46.2. The molecule has 224 valence electrons. The van der Waals surface area contributed by atoms with E-state index in [2.05, 4.69) is 15.8 Å². The summed E-state index contributed by atoms with van der Waals surface area (Å²) in [6.07, 6.45) is 1.29. The van der Waals surface area contributed by atoms with Gasteiger partial charge in [0.15, 0.2) is 0 Å². The lowest BCUT2D eigenvalue weighted by atomic mass is 9.96. The normalized spacial score (nSPS) is 16.0.